The zero-order valence-corrected chi connectivity index (χ0v) is 14.6. The van der Waals surface area contributed by atoms with Crippen LogP contribution in [0, 0.1) is 0 Å². The lowest BCUT2D eigenvalue weighted by molar-refractivity contribution is 0.181. The third kappa shape index (κ3) is 3.58. The summed E-state index contributed by atoms with van der Waals surface area (Å²) < 4.78 is 33.3. The normalized spacial score (nSPS) is 17.1. The highest BCUT2D eigenvalue weighted by Crippen LogP contribution is 2.17. The Morgan fingerprint density at radius 2 is 1.92 bits per heavy atom. The van der Waals surface area contributed by atoms with E-state index in [1.165, 1.54) is 16.8 Å². The molecule has 1 aliphatic heterocycles. The number of ether oxygens (including phenoxy) is 1. The minimum atomic E-state index is -3.50. The predicted octanol–water partition coefficient (Wildman–Crippen LogP) is 0.330. The van der Waals surface area contributed by atoms with Gasteiger partial charge in [0.05, 0.1) is 13.4 Å². The minimum Gasteiger partial charge on any atom is -0.481 e. The molecule has 0 amide bonds. The first-order valence-electron chi connectivity index (χ1n) is 7.68. The molecule has 0 bridgehead atoms. The van der Waals surface area contributed by atoms with Gasteiger partial charge in [-0.25, -0.2) is 18.4 Å². The highest BCUT2D eigenvalue weighted by molar-refractivity contribution is 7.89. The molecule has 1 aliphatic rings. The lowest BCUT2D eigenvalue weighted by Crippen LogP contribution is -2.48. The van der Waals surface area contributed by atoms with Crippen LogP contribution in [0.1, 0.15) is 5.56 Å². The van der Waals surface area contributed by atoms with Crippen molar-refractivity contribution in [3.05, 3.63) is 36.4 Å². The lowest BCUT2D eigenvalue weighted by Gasteiger charge is -2.33. The first-order valence-corrected chi connectivity index (χ1v) is 9.12. The van der Waals surface area contributed by atoms with E-state index < -0.39 is 10.0 Å². The number of imidazole rings is 1. The van der Waals surface area contributed by atoms with Crippen molar-refractivity contribution in [2.75, 3.05) is 33.3 Å². The molecular weight excluding hydrogens is 330 g/mol. The number of hydrogen-bond donors (Lipinski definition) is 0. The van der Waals surface area contributed by atoms with E-state index in [0.29, 0.717) is 32.1 Å². The molecule has 3 heterocycles. The first-order chi connectivity index (χ1) is 11.5. The van der Waals surface area contributed by atoms with E-state index in [2.05, 4.69) is 14.9 Å². The van der Waals surface area contributed by atoms with E-state index in [1.54, 1.807) is 24.9 Å². The van der Waals surface area contributed by atoms with E-state index in [4.69, 9.17) is 4.74 Å². The monoisotopic (exact) mass is 351 g/mol. The molecule has 24 heavy (non-hydrogen) atoms. The van der Waals surface area contributed by atoms with E-state index in [9.17, 15) is 8.42 Å². The maximum atomic E-state index is 12.5. The molecule has 0 unspecified atom stereocenters. The van der Waals surface area contributed by atoms with Crippen molar-refractivity contribution in [2.45, 2.75) is 11.6 Å². The summed E-state index contributed by atoms with van der Waals surface area (Å²) >= 11 is 0. The SMILES string of the molecule is COc1ccc(CN2CCN(S(=O)(=O)c3cn(C)cn3)CC2)cn1. The van der Waals surface area contributed by atoms with Gasteiger partial charge in [0, 0.05) is 58.2 Å². The van der Waals surface area contributed by atoms with Gasteiger partial charge >= 0.3 is 0 Å². The van der Waals surface area contributed by atoms with Crippen LogP contribution in [0.3, 0.4) is 0 Å². The molecule has 0 spiro atoms. The second-order valence-corrected chi connectivity index (χ2v) is 7.65. The Kier molecular flexibility index (Phi) is 4.83. The molecule has 0 radical (unpaired) electrons. The largest absolute Gasteiger partial charge is 0.481 e. The third-order valence-electron chi connectivity index (χ3n) is 4.03. The van der Waals surface area contributed by atoms with Gasteiger partial charge < -0.3 is 9.30 Å². The highest BCUT2D eigenvalue weighted by Gasteiger charge is 2.30. The zero-order valence-electron chi connectivity index (χ0n) is 13.8. The van der Waals surface area contributed by atoms with Crippen molar-refractivity contribution < 1.29 is 13.2 Å². The van der Waals surface area contributed by atoms with Gasteiger partial charge in [-0.15, -0.1) is 0 Å². The molecule has 9 heteroatoms. The second-order valence-electron chi connectivity index (χ2n) is 5.77. The van der Waals surface area contributed by atoms with Crippen LogP contribution >= 0.6 is 0 Å². The Labute approximate surface area is 141 Å². The van der Waals surface area contributed by atoms with Crippen molar-refractivity contribution in [1.82, 2.24) is 23.7 Å². The van der Waals surface area contributed by atoms with Crippen LogP contribution in [0.15, 0.2) is 35.9 Å². The summed E-state index contributed by atoms with van der Waals surface area (Å²) in [7, 11) is -0.157. The number of piperazine rings is 1. The number of nitrogens with zero attached hydrogens (tertiary/aromatic N) is 5. The summed E-state index contributed by atoms with van der Waals surface area (Å²) in [5.74, 6) is 0.588. The van der Waals surface area contributed by atoms with Crippen LogP contribution in [-0.4, -0.2) is 65.4 Å². The summed E-state index contributed by atoms with van der Waals surface area (Å²) in [5, 5.41) is 0.109. The summed E-state index contributed by atoms with van der Waals surface area (Å²) in [5.41, 5.74) is 1.08. The van der Waals surface area contributed by atoms with Gasteiger partial charge in [-0.05, 0) is 5.56 Å². The zero-order chi connectivity index (χ0) is 17.2. The first kappa shape index (κ1) is 16.9. The summed E-state index contributed by atoms with van der Waals surface area (Å²) in [4.78, 5) is 10.4. The molecule has 1 fully saturated rings. The smallest absolute Gasteiger partial charge is 0.262 e. The Balaban J connectivity index is 1.59. The number of hydrogen-bond acceptors (Lipinski definition) is 6. The fourth-order valence-electron chi connectivity index (χ4n) is 2.67. The molecular formula is C15H21N5O3S. The van der Waals surface area contributed by atoms with Crippen LogP contribution in [-0.2, 0) is 23.6 Å². The highest BCUT2D eigenvalue weighted by atomic mass is 32.2. The van der Waals surface area contributed by atoms with E-state index in [0.717, 1.165) is 12.1 Å². The molecule has 8 nitrogen and oxygen atoms in total. The van der Waals surface area contributed by atoms with Crippen LogP contribution in [0.25, 0.3) is 0 Å². The van der Waals surface area contributed by atoms with Crippen LogP contribution in [0.2, 0.25) is 0 Å². The topological polar surface area (TPSA) is 80.6 Å². The van der Waals surface area contributed by atoms with Crippen molar-refractivity contribution in [2.24, 2.45) is 7.05 Å². The average Bonchev–Trinajstić information content (AvgIpc) is 3.03. The number of pyridine rings is 1. The number of sulfonamides is 1. The number of methoxy groups -OCH3 is 1. The molecule has 0 aromatic carbocycles. The van der Waals surface area contributed by atoms with Crippen molar-refractivity contribution in [3.8, 4) is 5.88 Å². The number of aryl methyl sites for hydroxylation is 1. The minimum absolute atomic E-state index is 0.109. The quantitative estimate of drug-likeness (QED) is 0.772. The molecule has 3 rings (SSSR count). The molecule has 0 N–H and O–H groups in total. The fraction of sp³-hybridized carbons (Fsp3) is 0.467. The summed E-state index contributed by atoms with van der Waals surface area (Å²) in [6, 6.07) is 3.81. The van der Waals surface area contributed by atoms with Crippen LogP contribution < -0.4 is 4.74 Å². The number of aromatic nitrogens is 3. The molecule has 1 saturated heterocycles. The predicted molar refractivity (Wildman–Crippen MR) is 88.0 cm³/mol. The average molecular weight is 351 g/mol. The van der Waals surface area contributed by atoms with Gasteiger partial charge in [-0.2, -0.15) is 4.31 Å². The standard InChI is InChI=1S/C15H21N5O3S/c1-18-11-15(17-12-18)24(21,22)20-7-5-19(6-8-20)10-13-3-4-14(23-2)16-9-13/h3-4,9,11-12H,5-8,10H2,1-2H3. The molecule has 130 valence electrons. The van der Waals surface area contributed by atoms with Gasteiger partial charge in [0.25, 0.3) is 10.0 Å². The molecule has 0 atom stereocenters. The van der Waals surface area contributed by atoms with E-state index in [-0.39, 0.29) is 5.03 Å². The van der Waals surface area contributed by atoms with Gasteiger partial charge in [-0.1, -0.05) is 6.07 Å². The molecule has 0 saturated carbocycles. The van der Waals surface area contributed by atoms with Crippen LogP contribution in [0.4, 0.5) is 0 Å². The Bertz CT molecular complexity index is 780. The van der Waals surface area contributed by atoms with Gasteiger partial charge in [0.2, 0.25) is 5.88 Å². The second kappa shape index (κ2) is 6.88. The maximum Gasteiger partial charge on any atom is 0.262 e. The van der Waals surface area contributed by atoms with E-state index in [1.807, 2.05) is 12.1 Å². The Hall–Kier alpha value is -1.97. The van der Waals surface area contributed by atoms with Crippen molar-refractivity contribution in [3.63, 3.8) is 0 Å². The fourth-order valence-corrected chi connectivity index (χ4v) is 4.05. The third-order valence-corrected chi connectivity index (χ3v) is 5.81. The van der Waals surface area contributed by atoms with Gasteiger partial charge in [0.15, 0.2) is 5.03 Å². The van der Waals surface area contributed by atoms with E-state index >= 15 is 0 Å². The van der Waals surface area contributed by atoms with Gasteiger partial charge in [-0.3, -0.25) is 4.90 Å². The van der Waals surface area contributed by atoms with Crippen molar-refractivity contribution in [1.29, 1.82) is 0 Å². The Morgan fingerprint density at radius 1 is 1.17 bits per heavy atom. The lowest BCUT2D eigenvalue weighted by atomic mass is 10.2. The molecule has 2 aromatic rings. The summed E-state index contributed by atoms with van der Waals surface area (Å²) in [6.45, 7) is 3.02. The van der Waals surface area contributed by atoms with Crippen molar-refractivity contribution >= 4 is 10.0 Å². The Morgan fingerprint density at radius 3 is 2.46 bits per heavy atom. The molecule has 2 aromatic heterocycles. The number of rotatable bonds is 5. The van der Waals surface area contributed by atoms with Gasteiger partial charge in [0.1, 0.15) is 0 Å². The summed E-state index contributed by atoms with van der Waals surface area (Å²) in [6.07, 6.45) is 4.82. The van der Waals surface area contributed by atoms with Crippen LogP contribution in [0.5, 0.6) is 5.88 Å². The molecule has 0 aliphatic carbocycles. The maximum absolute atomic E-state index is 12.5.